The van der Waals surface area contributed by atoms with Gasteiger partial charge in [-0.1, -0.05) is 196 Å². The number of phosphoric ester groups is 1. The van der Waals surface area contributed by atoms with Crippen molar-refractivity contribution in [2.24, 2.45) is 0 Å². The van der Waals surface area contributed by atoms with Gasteiger partial charge in [0.25, 0.3) is 7.82 Å². The van der Waals surface area contributed by atoms with Crippen LogP contribution in [0.3, 0.4) is 0 Å². The lowest BCUT2D eigenvalue weighted by molar-refractivity contribution is -0.870. The van der Waals surface area contributed by atoms with Gasteiger partial charge in [0.15, 0.2) is 0 Å². The molecule has 0 aliphatic rings. The van der Waals surface area contributed by atoms with Crippen molar-refractivity contribution >= 4 is 13.8 Å². The van der Waals surface area contributed by atoms with Crippen LogP contribution in [-0.2, 0) is 27.9 Å². The van der Waals surface area contributed by atoms with Gasteiger partial charge < -0.3 is 27.9 Å². The number of phosphoric acid groups is 1. The van der Waals surface area contributed by atoms with Crippen molar-refractivity contribution in [1.82, 2.24) is 0 Å². The summed E-state index contributed by atoms with van der Waals surface area (Å²) in [5, 5.41) is 0. The highest BCUT2D eigenvalue weighted by atomic mass is 31.2. The molecule has 0 spiro atoms. The molecule has 2 unspecified atom stereocenters. The molecule has 0 aromatic carbocycles. The van der Waals surface area contributed by atoms with Crippen LogP contribution in [0.1, 0.15) is 213 Å². The monoisotopic (exact) mass is 918 g/mol. The van der Waals surface area contributed by atoms with Gasteiger partial charge in [0, 0.05) is 13.0 Å². The van der Waals surface area contributed by atoms with Crippen LogP contribution in [-0.4, -0.2) is 70.7 Å². The zero-order chi connectivity index (χ0) is 46.9. The largest absolute Gasteiger partial charge is 0.756 e. The third-order valence-corrected chi connectivity index (χ3v) is 12.0. The molecule has 0 N–H and O–H groups in total. The smallest absolute Gasteiger partial charge is 0.306 e. The van der Waals surface area contributed by atoms with Crippen molar-refractivity contribution in [2.45, 2.75) is 219 Å². The minimum absolute atomic E-state index is 0.0209. The molecule has 0 saturated carbocycles. The molecular formula is C55H100NO7P. The molecule has 0 bridgehead atoms. The molecule has 2 atom stereocenters. The first kappa shape index (κ1) is 61.9. The highest BCUT2D eigenvalue weighted by Crippen LogP contribution is 2.38. The third-order valence-electron chi connectivity index (χ3n) is 11.0. The Morgan fingerprint density at radius 1 is 0.500 bits per heavy atom. The second-order valence-corrected chi connectivity index (χ2v) is 19.9. The number of hydrogen-bond acceptors (Lipinski definition) is 7. The Labute approximate surface area is 395 Å². The topological polar surface area (TPSA) is 94.1 Å². The maximum atomic E-state index is 12.8. The number of likely N-dealkylation sites (N-methyl/N-ethyl adjacent to an activating group) is 1. The molecule has 0 heterocycles. The van der Waals surface area contributed by atoms with Crippen LogP contribution in [0.4, 0.5) is 0 Å². The highest BCUT2D eigenvalue weighted by Gasteiger charge is 2.20. The van der Waals surface area contributed by atoms with Crippen LogP contribution in [0.5, 0.6) is 0 Å². The Morgan fingerprint density at radius 2 is 0.906 bits per heavy atom. The van der Waals surface area contributed by atoms with Gasteiger partial charge in [-0.3, -0.25) is 9.36 Å². The van der Waals surface area contributed by atoms with Crippen LogP contribution in [0.25, 0.3) is 0 Å². The van der Waals surface area contributed by atoms with Crippen molar-refractivity contribution in [3.8, 4) is 0 Å². The Bertz CT molecular complexity index is 1250. The number of ether oxygens (including phenoxy) is 2. The number of carbonyl (C=O) groups is 1. The average molecular weight is 918 g/mol. The number of nitrogens with zero attached hydrogens (tertiary/aromatic N) is 1. The van der Waals surface area contributed by atoms with E-state index >= 15 is 0 Å². The van der Waals surface area contributed by atoms with E-state index in [9.17, 15) is 14.3 Å². The summed E-state index contributed by atoms with van der Waals surface area (Å²) in [6, 6.07) is 0. The average Bonchev–Trinajstić information content (AvgIpc) is 3.25. The second-order valence-electron chi connectivity index (χ2n) is 18.5. The lowest BCUT2D eigenvalue weighted by Gasteiger charge is -2.28. The number of allylic oxidation sites excluding steroid dienone is 12. The fraction of sp³-hybridized carbons (Fsp3) is 0.764. The second kappa shape index (κ2) is 47.4. The van der Waals surface area contributed by atoms with Crippen LogP contribution in [0.15, 0.2) is 72.9 Å². The Kier molecular flexibility index (Phi) is 45.9. The summed E-state index contributed by atoms with van der Waals surface area (Å²) >= 11 is 0. The van der Waals surface area contributed by atoms with Crippen LogP contribution in [0.2, 0.25) is 0 Å². The molecule has 0 fully saturated rings. The first-order chi connectivity index (χ1) is 31.1. The molecule has 0 radical (unpaired) electrons. The van der Waals surface area contributed by atoms with E-state index in [2.05, 4.69) is 86.8 Å². The van der Waals surface area contributed by atoms with E-state index in [-0.39, 0.29) is 25.8 Å². The van der Waals surface area contributed by atoms with E-state index in [4.69, 9.17) is 18.5 Å². The minimum Gasteiger partial charge on any atom is -0.756 e. The Morgan fingerprint density at radius 3 is 1.36 bits per heavy atom. The lowest BCUT2D eigenvalue weighted by Crippen LogP contribution is -2.37. The number of unbranched alkanes of at least 4 members (excludes halogenated alkanes) is 22. The molecule has 0 rings (SSSR count). The van der Waals surface area contributed by atoms with E-state index in [0.717, 1.165) is 77.0 Å². The van der Waals surface area contributed by atoms with Crippen molar-refractivity contribution in [3.05, 3.63) is 72.9 Å². The number of hydrogen-bond donors (Lipinski definition) is 0. The van der Waals surface area contributed by atoms with Crippen LogP contribution < -0.4 is 4.89 Å². The van der Waals surface area contributed by atoms with Crippen molar-refractivity contribution in [1.29, 1.82) is 0 Å². The van der Waals surface area contributed by atoms with Crippen molar-refractivity contribution < 1.29 is 37.3 Å². The van der Waals surface area contributed by atoms with Gasteiger partial charge in [0.05, 0.1) is 34.4 Å². The first-order valence-electron chi connectivity index (χ1n) is 26.2. The SMILES string of the molecule is CC/C=C\C/C=C\C/C=C\C/C=C\CCCCCCCCCCCCCCC(=O)OC(COCCCCCCCC/C=C\C/C=C\CCCCCC)COP(=O)([O-])OCC[N+](C)(C)C. The zero-order valence-corrected chi connectivity index (χ0v) is 43.1. The van der Waals surface area contributed by atoms with Crippen LogP contribution >= 0.6 is 7.82 Å². The van der Waals surface area contributed by atoms with Gasteiger partial charge in [0.2, 0.25) is 0 Å². The molecule has 0 aliphatic heterocycles. The number of quaternary nitrogens is 1. The predicted molar refractivity (Wildman–Crippen MR) is 272 cm³/mol. The molecule has 64 heavy (non-hydrogen) atoms. The van der Waals surface area contributed by atoms with Gasteiger partial charge >= 0.3 is 5.97 Å². The Balaban J connectivity index is 4.13. The molecule has 0 aromatic rings. The van der Waals surface area contributed by atoms with Crippen molar-refractivity contribution in [2.75, 3.05) is 54.1 Å². The van der Waals surface area contributed by atoms with E-state index in [0.29, 0.717) is 24.1 Å². The minimum atomic E-state index is -4.54. The third kappa shape index (κ3) is 50.9. The number of esters is 1. The molecule has 9 heteroatoms. The lowest BCUT2D eigenvalue weighted by atomic mass is 10.0. The molecule has 8 nitrogen and oxygen atoms in total. The van der Waals surface area contributed by atoms with Crippen LogP contribution in [0, 0.1) is 0 Å². The van der Waals surface area contributed by atoms with Crippen molar-refractivity contribution in [3.63, 3.8) is 0 Å². The van der Waals surface area contributed by atoms with E-state index < -0.39 is 13.9 Å². The predicted octanol–water partition coefficient (Wildman–Crippen LogP) is 15.6. The van der Waals surface area contributed by atoms with Gasteiger partial charge in [-0.25, -0.2) is 0 Å². The highest BCUT2D eigenvalue weighted by molar-refractivity contribution is 7.45. The fourth-order valence-corrected chi connectivity index (χ4v) is 7.71. The van der Waals surface area contributed by atoms with E-state index in [1.807, 2.05) is 21.1 Å². The summed E-state index contributed by atoms with van der Waals surface area (Å²) in [5.74, 6) is -0.341. The molecule has 0 aromatic heterocycles. The van der Waals surface area contributed by atoms with Gasteiger partial charge in [0.1, 0.15) is 19.3 Å². The summed E-state index contributed by atoms with van der Waals surface area (Å²) in [5.41, 5.74) is 0. The molecule has 0 amide bonds. The molecular weight excluding hydrogens is 818 g/mol. The Hall–Kier alpha value is -2.06. The molecule has 0 saturated heterocycles. The summed E-state index contributed by atoms with van der Waals surface area (Å²) in [7, 11) is 1.34. The number of rotatable bonds is 48. The maximum absolute atomic E-state index is 12.8. The maximum Gasteiger partial charge on any atom is 0.306 e. The fourth-order valence-electron chi connectivity index (χ4n) is 6.98. The van der Waals surface area contributed by atoms with E-state index in [1.54, 1.807) is 0 Å². The van der Waals surface area contributed by atoms with E-state index in [1.165, 1.54) is 116 Å². The first-order valence-corrected chi connectivity index (χ1v) is 27.6. The zero-order valence-electron chi connectivity index (χ0n) is 42.2. The standard InChI is InChI=1S/C55H100NO7P/c1-6-8-10-12-14-16-18-20-22-24-25-26-27-28-29-30-31-32-34-36-38-40-42-44-46-48-55(57)63-54(53-62-64(58,59)61-51-49-56(3,4)5)52-60-50-47-45-43-41-39-37-35-33-23-21-19-17-15-13-11-9-7-2/h8,10,14,16-17,19-20,22-23,25-26,33,54H,6-7,9,11-13,15,18,21,24,27-32,34-53H2,1-5H3/b10-8-,16-14-,19-17-,22-20-,26-25-,33-23-. The summed E-state index contributed by atoms with van der Waals surface area (Å²) < 4.78 is 34.7. The molecule has 0 aliphatic carbocycles. The normalized spacial score (nSPS) is 14.2. The van der Waals surface area contributed by atoms with Gasteiger partial charge in [-0.05, 0) is 83.5 Å². The van der Waals surface area contributed by atoms with Gasteiger partial charge in [-0.2, -0.15) is 0 Å². The van der Waals surface area contributed by atoms with Gasteiger partial charge in [-0.15, -0.1) is 0 Å². The molecule has 372 valence electrons. The summed E-state index contributed by atoms with van der Waals surface area (Å²) in [4.78, 5) is 25.2. The summed E-state index contributed by atoms with van der Waals surface area (Å²) in [6.07, 6.45) is 62.1. The summed E-state index contributed by atoms with van der Waals surface area (Å²) in [6.45, 7) is 5.26. The quantitative estimate of drug-likeness (QED) is 0.0197. The number of carbonyl (C=O) groups excluding carboxylic acids is 1.